The molecule has 0 atom stereocenters. The molecule has 0 radical (unpaired) electrons. The Morgan fingerprint density at radius 2 is 1.88 bits per heavy atom. The second-order valence-corrected chi connectivity index (χ2v) is 8.14. The smallest absolute Gasteiger partial charge is 0.229 e. The summed E-state index contributed by atoms with van der Waals surface area (Å²) < 4.78 is 0. The number of hydrogen-bond acceptors (Lipinski definition) is 7. The molecule has 2 aliphatic rings. The molecule has 0 unspecified atom stereocenters. The van der Waals surface area contributed by atoms with Crippen LogP contribution in [0.2, 0.25) is 5.02 Å². The van der Waals surface area contributed by atoms with Gasteiger partial charge in [0.1, 0.15) is 5.02 Å². The summed E-state index contributed by atoms with van der Waals surface area (Å²) in [6, 6.07) is 7.76. The third-order valence-electron chi connectivity index (χ3n) is 5.11. The van der Waals surface area contributed by atoms with E-state index >= 15 is 0 Å². The second kappa shape index (κ2) is 10.4. The Morgan fingerprint density at radius 3 is 2.62 bits per heavy atom. The number of benzene rings is 1. The number of aryl methyl sites for hydroxylation is 2. The van der Waals surface area contributed by atoms with Crippen molar-refractivity contribution in [3.63, 3.8) is 0 Å². The van der Waals surface area contributed by atoms with E-state index in [1.165, 1.54) is 32.9 Å². The van der Waals surface area contributed by atoms with Crippen LogP contribution in [0.1, 0.15) is 30.9 Å². The van der Waals surface area contributed by atoms with Crippen LogP contribution in [0.15, 0.2) is 42.9 Å². The fourth-order valence-corrected chi connectivity index (χ4v) is 3.71. The molecule has 4 N–H and O–H groups in total. The van der Waals surface area contributed by atoms with E-state index in [9.17, 15) is 4.79 Å². The molecule has 1 amide bonds. The van der Waals surface area contributed by atoms with Crippen molar-refractivity contribution in [3.05, 3.63) is 59.0 Å². The predicted molar refractivity (Wildman–Crippen MR) is 128 cm³/mol. The van der Waals surface area contributed by atoms with Gasteiger partial charge in [-0.15, -0.1) is 0 Å². The normalized spacial score (nSPS) is 14.3. The first kappa shape index (κ1) is 22.0. The average Bonchev–Trinajstić information content (AvgIpc) is 3.36. The van der Waals surface area contributed by atoms with Gasteiger partial charge in [-0.25, -0.2) is 4.98 Å². The van der Waals surface area contributed by atoms with Gasteiger partial charge in [-0.05, 0) is 74.2 Å². The van der Waals surface area contributed by atoms with Crippen molar-refractivity contribution in [1.82, 2.24) is 20.3 Å². The number of halogens is 1. The van der Waals surface area contributed by atoms with Gasteiger partial charge in [0.15, 0.2) is 5.82 Å². The van der Waals surface area contributed by atoms with E-state index in [1.54, 1.807) is 12.4 Å². The zero-order chi connectivity index (χ0) is 22.3. The summed E-state index contributed by atoms with van der Waals surface area (Å²) >= 11 is 6.25. The summed E-state index contributed by atoms with van der Waals surface area (Å²) in [5, 5.41) is 12.9. The lowest BCUT2D eigenvalue weighted by atomic mass is 10.0. The van der Waals surface area contributed by atoms with Gasteiger partial charge in [0, 0.05) is 24.5 Å². The molecule has 1 saturated heterocycles. The van der Waals surface area contributed by atoms with Gasteiger partial charge >= 0.3 is 0 Å². The van der Waals surface area contributed by atoms with E-state index in [1.807, 2.05) is 30.5 Å². The summed E-state index contributed by atoms with van der Waals surface area (Å²) in [6.45, 7) is 4.00. The van der Waals surface area contributed by atoms with Gasteiger partial charge in [0.25, 0.3) is 0 Å². The number of carbonyl (C=O) groups is 1. The van der Waals surface area contributed by atoms with Crippen molar-refractivity contribution >= 4 is 46.3 Å². The predicted octanol–water partition coefficient (Wildman–Crippen LogP) is 4.44. The molecule has 2 aromatic heterocycles. The highest BCUT2D eigenvalue weighted by Gasteiger charge is 2.12. The molecule has 8 nitrogen and oxygen atoms in total. The van der Waals surface area contributed by atoms with Gasteiger partial charge < -0.3 is 21.3 Å². The number of nitrogens with one attached hydrogen (secondary N) is 4. The number of pyridine rings is 1. The number of aromatic nitrogens is 3. The SMILES string of the molecule is C1CCNC1.CC(=O)Nc1ccc2cc1CCc1cncc(c1)Nc1ncc(Cl)c(n1)N2. The summed E-state index contributed by atoms with van der Waals surface area (Å²) in [4.78, 5) is 24.5. The van der Waals surface area contributed by atoms with Crippen LogP contribution in [0.3, 0.4) is 0 Å². The number of carbonyl (C=O) groups excluding carboxylic acids is 1. The maximum Gasteiger partial charge on any atom is 0.229 e. The fraction of sp³-hybridized carbons (Fsp3) is 0.304. The first-order valence-corrected chi connectivity index (χ1v) is 11.1. The molecule has 0 spiro atoms. The topological polar surface area (TPSA) is 104 Å². The number of nitrogens with zero attached hydrogens (tertiary/aromatic N) is 3. The van der Waals surface area contributed by atoms with Gasteiger partial charge in [-0.3, -0.25) is 9.78 Å². The first-order chi connectivity index (χ1) is 15.6. The molecule has 32 heavy (non-hydrogen) atoms. The summed E-state index contributed by atoms with van der Waals surface area (Å²) in [7, 11) is 0. The van der Waals surface area contributed by atoms with Crippen LogP contribution in [-0.4, -0.2) is 33.9 Å². The molecule has 6 bridgehead atoms. The highest BCUT2D eigenvalue weighted by molar-refractivity contribution is 6.32. The number of anilines is 5. The van der Waals surface area contributed by atoms with Crippen molar-refractivity contribution in [3.8, 4) is 0 Å². The van der Waals surface area contributed by atoms with Crippen LogP contribution in [0.5, 0.6) is 0 Å². The lowest BCUT2D eigenvalue weighted by Crippen LogP contribution is -2.09. The molecular weight excluding hydrogens is 426 g/mol. The maximum absolute atomic E-state index is 11.5. The fourth-order valence-electron chi connectivity index (χ4n) is 3.57. The summed E-state index contributed by atoms with van der Waals surface area (Å²) in [6.07, 6.45) is 9.39. The third kappa shape index (κ3) is 5.93. The molecule has 1 aromatic carbocycles. The molecule has 0 saturated carbocycles. The highest BCUT2D eigenvalue weighted by Crippen LogP contribution is 2.29. The Labute approximate surface area is 192 Å². The minimum Gasteiger partial charge on any atom is -0.339 e. The van der Waals surface area contributed by atoms with E-state index in [0.29, 0.717) is 16.8 Å². The van der Waals surface area contributed by atoms with Crippen LogP contribution >= 0.6 is 11.6 Å². The molecular formula is C23H26ClN7O. The number of hydrogen-bond donors (Lipinski definition) is 4. The van der Waals surface area contributed by atoms with Crippen molar-refractivity contribution in [1.29, 1.82) is 0 Å². The Morgan fingerprint density at radius 1 is 1.03 bits per heavy atom. The third-order valence-corrected chi connectivity index (χ3v) is 5.39. The van der Waals surface area contributed by atoms with E-state index in [-0.39, 0.29) is 5.91 Å². The van der Waals surface area contributed by atoms with Crippen LogP contribution < -0.4 is 21.3 Å². The number of fused-ring (bicyclic) bond motifs is 6. The van der Waals surface area contributed by atoms with Crippen molar-refractivity contribution < 1.29 is 4.79 Å². The molecule has 4 heterocycles. The minimum absolute atomic E-state index is 0.105. The standard InChI is InChI=1S/C19H17ClN6O.C4H9N/c1-11(27)23-17-5-4-14-7-13(17)3-2-12-6-15(9-21-8-12)25-19-22-10-16(20)18(24-14)26-19;1-2-4-5-3-1/h4-10H,2-3H2,1H3,(H,23,27)(H2,22,24,25,26);5H,1-4H2. The zero-order valence-corrected chi connectivity index (χ0v) is 18.7. The monoisotopic (exact) mass is 451 g/mol. The Hall–Kier alpha value is -3.23. The van der Waals surface area contributed by atoms with E-state index < -0.39 is 0 Å². The molecule has 2 aliphatic heterocycles. The zero-order valence-electron chi connectivity index (χ0n) is 17.9. The van der Waals surface area contributed by atoms with Crippen LogP contribution in [0.25, 0.3) is 0 Å². The second-order valence-electron chi connectivity index (χ2n) is 7.73. The summed E-state index contributed by atoms with van der Waals surface area (Å²) in [5.41, 5.74) is 4.50. The van der Waals surface area contributed by atoms with E-state index in [2.05, 4.69) is 36.2 Å². The van der Waals surface area contributed by atoms with Gasteiger partial charge in [-0.2, -0.15) is 4.98 Å². The van der Waals surface area contributed by atoms with Gasteiger partial charge in [-0.1, -0.05) is 11.6 Å². The van der Waals surface area contributed by atoms with E-state index in [0.717, 1.165) is 41.0 Å². The summed E-state index contributed by atoms with van der Waals surface area (Å²) in [5.74, 6) is 0.817. The Balaban J connectivity index is 0.000000433. The van der Waals surface area contributed by atoms with Crippen LogP contribution in [-0.2, 0) is 17.6 Å². The highest BCUT2D eigenvalue weighted by atomic mass is 35.5. The Kier molecular flexibility index (Phi) is 7.14. The first-order valence-electron chi connectivity index (χ1n) is 10.7. The molecule has 0 aliphatic carbocycles. The molecule has 9 heteroatoms. The largest absolute Gasteiger partial charge is 0.339 e. The minimum atomic E-state index is -0.105. The van der Waals surface area contributed by atoms with Crippen molar-refractivity contribution in [2.24, 2.45) is 0 Å². The number of rotatable bonds is 1. The van der Waals surface area contributed by atoms with Crippen LogP contribution in [0, 0.1) is 0 Å². The average molecular weight is 452 g/mol. The van der Waals surface area contributed by atoms with Crippen molar-refractivity contribution in [2.45, 2.75) is 32.6 Å². The number of amides is 1. The van der Waals surface area contributed by atoms with Crippen molar-refractivity contribution in [2.75, 3.05) is 29.0 Å². The molecule has 166 valence electrons. The maximum atomic E-state index is 11.5. The lowest BCUT2D eigenvalue weighted by molar-refractivity contribution is -0.114. The quantitative estimate of drug-likeness (QED) is 0.433. The molecule has 5 rings (SSSR count). The Bertz CT molecular complexity index is 1090. The van der Waals surface area contributed by atoms with Gasteiger partial charge in [0.2, 0.25) is 11.9 Å². The molecule has 1 fully saturated rings. The molecule has 3 aromatic rings. The lowest BCUT2D eigenvalue weighted by Gasteiger charge is -2.14. The van der Waals surface area contributed by atoms with E-state index in [4.69, 9.17) is 11.6 Å². The van der Waals surface area contributed by atoms with Crippen LogP contribution in [0.4, 0.5) is 28.8 Å². The van der Waals surface area contributed by atoms with Gasteiger partial charge in [0.05, 0.1) is 18.1 Å².